The number of pyridine rings is 1. The Morgan fingerprint density at radius 2 is 2.31 bits per heavy atom. The molecule has 4 heteroatoms. The molecule has 2 rings (SSSR count). The Morgan fingerprint density at radius 1 is 1.44 bits per heavy atom. The number of aromatic nitrogens is 1. The fourth-order valence-electron chi connectivity index (χ4n) is 1.36. The van der Waals surface area contributed by atoms with Crippen LogP contribution in [0.2, 0.25) is 0 Å². The summed E-state index contributed by atoms with van der Waals surface area (Å²) in [7, 11) is 0. The molecule has 0 aliphatic carbocycles. The van der Waals surface area contributed by atoms with E-state index < -0.39 is 0 Å². The molecule has 2 aromatic rings. The van der Waals surface area contributed by atoms with Crippen molar-refractivity contribution in [2.45, 2.75) is 23.6 Å². The van der Waals surface area contributed by atoms with Crippen LogP contribution in [0.5, 0.6) is 0 Å². The normalized spacial score (nSPS) is 10.4. The highest BCUT2D eigenvalue weighted by Gasteiger charge is 2.04. The standard InChI is InChI=1S/C12H14N2OS/c1-3-13-12-8-10(4-6-14-12)16-11-5-7-15-9(11)2/h4-8H,3H2,1-2H3,(H,13,14). The number of nitrogens with one attached hydrogen (secondary N) is 1. The molecule has 0 spiro atoms. The minimum atomic E-state index is 0.881. The zero-order chi connectivity index (χ0) is 11.4. The van der Waals surface area contributed by atoms with Gasteiger partial charge in [0.25, 0.3) is 0 Å². The highest BCUT2D eigenvalue weighted by atomic mass is 32.2. The van der Waals surface area contributed by atoms with Crippen LogP contribution in [-0.4, -0.2) is 11.5 Å². The van der Waals surface area contributed by atoms with E-state index >= 15 is 0 Å². The van der Waals surface area contributed by atoms with Gasteiger partial charge in [0, 0.05) is 17.6 Å². The van der Waals surface area contributed by atoms with Gasteiger partial charge in [-0.05, 0) is 32.0 Å². The van der Waals surface area contributed by atoms with Gasteiger partial charge in [-0.1, -0.05) is 11.8 Å². The molecule has 0 saturated carbocycles. The highest BCUT2D eigenvalue weighted by molar-refractivity contribution is 7.99. The van der Waals surface area contributed by atoms with Crippen LogP contribution in [0.4, 0.5) is 5.82 Å². The van der Waals surface area contributed by atoms with E-state index in [1.54, 1.807) is 18.0 Å². The number of anilines is 1. The number of aryl methyl sites for hydroxylation is 1. The maximum atomic E-state index is 5.26. The topological polar surface area (TPSA) is 38.1 Å². The van der Waals surface area contributed by atoms with Crippen LogP contribution in [0, 0.1) is 6.92 Å². The minimum Gasteiger partial charge on any atom is -0.468 e. The van der Waals surface area contributed by atoms with Crippen LogP contribution >= 0.6 is 11.8 Å². The molecule has 0 aromatic carbocycles. The number of rotatable bonds is 4. The fraction of sp³-hybridized carbons (Fsp3) is 0.250. The number of nitrogens with zero attached hydrogens (tertiary/aromatic N) is 1. The first-order chi connectivity index (χ1) is 7.79. The molecular formula is C12H14N2OS. The van der Waals surface area contributed by atoms with Crippen molar-refractivity contribution in [1.29, 1.82) is 0 Å². The molecule has 2 heterocycles. The van der Waals surface area contributed by atoms with Gasteiger partial charge in [-0.2, -0.15) is 0 Å². The second-order valence-electron chi connectivity index (χ2n) is 3.35. The van der Waals surface area contributed by atoms with E-state index in [1.165, 1.54) is 0 Å². The maximum absolute atomic E-state index is 5.26. The SMILES string of the molecule is CCNc1cc(Sc2ccoc2C)ccn1. The second kappa shape index (κ2) is 5.07. The summed E-state index contributed by atoms with van der Waals surface area (Å²) in [5.41, 5.74) is 0. The van der Waals surface area contributed by atoms with Crippen LogP contribution in [0.3, 0.4) is 0 Å². The van der Waals surface area contributed by atoms with Gasteiger partial charge in [0.2, 0.25) is 0 Å². The number of furan rings is 1. The number of hydrogen-bond donors (Lipinski definition) is 1. The first-order valence-electron chi connectivity index (χ1n) is 5.21. The molecule has 0 fully saturated rings. The second-order valence-corrected chi connectivity index (χ2v) is 4.47. The molecule has 0 unspecified atom stereocenters. The lowest BCUT2D eigenvalue weighted by molar-refractivity contribution is 0.527. The summed E-state index contributed by atoms with van der Waals surface area (Å²) in [6, 6.07) is 6.02. The molecule has 0 atom stereocenters. The van der Waals surface area contributed by atoms with Crippen molar-refractivity contribution in [3.05, 3.63) is 36.4 Å². The summed E-state index contributed by atoms with van der Waals surface area (Å²) >= 11 is 1.69. The zero-order valence-electron chi connectivity index (χ0n) is 9.36. The van der Waals surface area contributed by atoms with Gasteiger partial charge in [0.05, 0.1) is 11.2 Å². The molecule has 16 heavy (non-hydrogen) atoms. The summed E-state index contributed by atoms with van der Waals surface area (Å²) in [6.07, 6.45) is 3.53. The van der Waals surface area contributed by atoms with Crippen molar-refractivity contribution in [1.82, 2.24) is 4.98 Å². The molecule has 0 aliphatic heterocycles. The molecule has 0 aliphatic rings. The van der Waals surface area contributed by atoms with Gasteiger partial charge < -0.3 is 9.73 Å². The molecule has 84 valence electrons. The average molecular weight is 234 g/mol. The summed E-state index contributed by atoms with van der Waals surface area (Å²) in [4.78, 5) is 6.54. The van der Waals surface area contributed by atoms with E-state index in [4.69, 9.17) is 4.42 Å². The largest absolute Gasteiger partial charge is 0.468 e. The van der Waals surface area contributed by atoms with Crippen molar-refractivity contribution in [2.75, 3.05) is 11.9 Å². The Balaban J connectivity index is 2.15. The quantitative estimate of drug-likeness (QED) is 0.877. The van der Waals surface area contributed by atoms with Crippen molar-refractivity contribution >= 4 is 17.6 Å². The Bertz CT molecular complexity index is 468. The Morgan fingerprint density at radius 3 is 3.00 bits per heavy atom. The van der Waals surface area contributed by atoms with Crippen LogP contribution in [0.1, 0.15) is 12.7 Å². The van der Waals surface area contributed by atoms with E-state index in [0.29, 0.717) is 0 Å². The van der Waals surface area contributed by atoms with Gasteiger partial charge >= 0.3 is 0 Å². The third kappa shape index (κ3) is 2.58. The molecule has 0 bridgehead atoms. The van der Waals surface area contributed by atoms with E-state index in [9.17, 15) is 0 Å². The van der Waals surface area contributed by atoms with Crippen LogP contribution < -0.4 is 5.32 Å². The lowest BCUT2D eigenvalue weighted by Gasteiger charge is -2.04. The Kier molecular flexibility index (Phi) is 3.51. The van der Waals surface area contributed by atoms with Gasteiger partial charge in [-0.25, -0.2) is 4.98 Å². The average Bonchev–Trinajstić information content (AvgIpc) is 2.66. The fourth-order valence-corrected chi connectivity index (χ4v) is 2.23. The van der Waals surface area contributed by atoms with Gasteiger partial charge in [-0.15, -0.1) is 0 Å². The lowest BCUT2D eigenvalue weighted by atomic mass is 10.4. The summed E-state index contributed by atoms with van der Waals surface area (Å²) < 4.78 is 5.26. The zero-order valence-corrected chi connectivity index (χ0v) is 10.2. The van der Waals surface area contributed by atoms with E-state index in [0.717, 1.165) is 27.9 Å². The molecule has 0 amide bonds. The Hall–Kier alpha value is -1.42. The van der Waals surface area contributed by atoms with E-state index in [-0.39, 0.29) is 0 Å². The van der Waals surface area contributed by atoms with E-state index in [2.05, 4.69) is 17.2 Å². The van der Waals surface area contributed by atoms with Crippen molar-refractivity contribution < 1.29 is 4.42 Å². The van der Waals surface area contributed by atoms with Gasteiger partial charge in [-0.3, -0.25) is 0 Å². The number of hydrogen-bond acceptors (Lipinski definition) is 4. The predicted octanol–water partition coefficient (Wildman–Crippen LogP) is 3.57. The third-order valence-corrected chi connectivity index (χ3v) is 3.26. The van der Waals surface area contributed by atoms with Crippen molar-refractivity contribution in [2.24, 2.45) is 0 Å². The molecule has 3 nitrogen and oxygen atoms in total. The highest BCUT2D eigenvalue weighted by Crippen LogP contribution is 2.31. The van der Waals surface area contributed by atoms with Crippen LogP contribution in [0.25, 0.3) is 0 Å². The van der Waals surface area contributed by atoms with Crippen LogP contribution in [-0.2, 0) is 0 Å². The summed E-state index contributed by atoms with van der Waals surface area (Å²) in [5, 5.41) is 3.19. The van der Waals surface area contributed by atoms with Gasteiger partial charge in [0.1, 0.15) is 11.6 Å². The monoisotopic (exact) mass is 234 g/mol. The van der Waals surface area contributed by atoms with E-state index in [1.807, 2.05) is 31.3 Å². The summed E-state index contributed by atoms with van der Waals surface area (Å²) in [6.45, 7) is 4.91. The van der Waals surface area contributed by atoms with Gasteiger partial charge in [0.15, 0.2) is 0 Å². The minimum absolute atomic E-state index is 0.881. The molecule has 0 saturated heterocycles. The summed E-state index contributed by atoms with van der Waals surface area (Å²) in [5.74, 6) is 1.86. The lowest BCUT2D eigenvalue weighted by Crippen LogP contribution is -1.98. The molecular weight excluding hydrogens is 220 g/mol. The third-order valence-electron chi connectivity index (χ3n) is 2.13. The predicted molar refractivity (Wildman–Crippen MR) is 66.0 cm³/mol. The Labute approximate surface area is 99.3 Å². The first-order valence-corrected chi connectivity index (χ1v) is 6.03. The van der Waals surface area contributed by atoms with Crippen molar-refractivity contribution in [3.8, 4) is 0 Å². The van der Waals surface area contributed by atoms with Crippen LogP contribution in [0.15, 0.2) is 44.9 Å². The molecule has 0 radical (unpaired) electrons. The molecule has 2 aromatic heterocycles. The first kappa shape index (κ1) is 11.1. The maximum Gasteiger partial charge on any atom is 0.126 e. The van der Waals surface area contributed by atoms with Crippen molar-refractivity contribution in [3.63, 3.8) is 0 Å². The smallest absolute Gasteiger partial charge is 0.126 e. The molecule has 1 N–H and O–H groups in total.